The van der Waals surface area contributed by atoms with E-state index in [1.165, 1.54) is 12.8 Å². The van der Waals surface area contributed by atoms with Gasteiger partial charge in [0.2, 0.25) is 0 Å². The molecule has 0 bridgehead atoms. The highest BCUT2D eigenvalue weighted by atomic mass is 16.2. The minimum atomic E-state index is -0.00910. The summed E-state index contributed by atoms with van der Waals surface area (Å²) in [6, 6.07) is 14.0. The summed E-state index contributed by atoms with van der Waals surface area (Å²) in [7, 11) is 0. The zero-order valence-electron chi connectivity index (χ0n) is 15.2. The molecule has 25 heavy (non-hydrogen) atoms. The molecule has 4 heteroatoms. The number of benzene rings is 1. The van der Waals surface area contributed by atoms with Gasteiger partial charge < -0.3 is 9.80 Å². The number of pyridine rings is 1. The second kappa shape index (κ2) is 8.15. The van der Waals surface area contributed by atoms with Crippen LogP contribution in [0.25, 0.3) is 0 Å². The Morgan fingerprint density at radius 2 is 1.88 bits per heavy atom. The Balaban J connectivity index is 1.67. The minimum Gasteiger partial charge on any atom is -0.370 e. The van der Waals surface area contributed by atoms with Gasteiger partial charge in [0.05, 0.1) is 11.9 Å². The molecular weight excluding hydrogens is 310 g/mol. The number of nitrogens with zero attached hydrogens (tertiary/aromatic N) is 3. The van der Waals surface area contributed by atoms with E-state index in [0.717, 1.165) is 30.3 Å². The third-order valence-electron chi connectivity index (χ3n) is 5.00. The van der Waals surface area contributed by atoms with Crippen LogP contribution in [0.4, 0.5) is 5.69 Å². The second-order valence-electron chi connectivity index (χ2n) is 6.88. The molecule has 4 nitrogen and oxygen atoms in total. The fourth-order valence-corrected chi connectivity index (χ4v) is 3.26. The number of carbonyl (C=O) groups excluding carboxylic acids is 1. The second-order valence-corrected chi connectivity index (χ2v) is 6.88. The first kappa shape index (κ1) is 17.5. The monoisotopic (exact) mass is 337 g/mol. The molecule has 0 spiro atoms. The molecule has 1 amide bonds. The van der Waals surface area contributed by atoms with Crippen molar-refractivity contribution in [1.29, 1.82) is 0 Å². The van der Waals surface area contributed by atoms with Crippen molar-refractivity contribution in [2.24, 2.45) is 5.92 Å². The lowest BCUT2D eigenvalue weighted by Gasteiger charge is -2.32. The molecule has 2 aromatic rings. The highest BCUT2D eigenvalue weighted by Gasteiger charge is 2.19. The van der Waals surface area contributed by atoms with Gasteiger partial charge in [-0.05, 0) is 43.4 Å². The summed E-state index contributed by atoms with van der Waals surface area (Å²) in [5, 5.41) is 0. The Kier molecular flexibility index (Phi) is 5.69. The first-order valence-corrected chi connectivity index (χ1v) is 9.21. The smallest absolute Gasteiger partial charge is 0.272 e. The Labute approximate surface area is 150 Å². The van der Waals surface area contributed by atoms with E-state index in [2.05, 4.69) is 16.8 Å². The average molecular weight is 337 g/mol. The molecule has 1 aliphatic rings. The molecule has 0 atom stereocenters. The van der Waals surface area contributed by atoms with Crippen LogP contribution in [0.5, 0.6) is 0 Å². The summed E-state index contributed by atoms with van der Waals surface area (Å²) in [5.74, 6) is 0.798. The quantitative estimate of drug-likeness (QED) is 0.828. The highest BCUT2D eigenvalue weighted by molar-refractivity contribution is 5.92. The lowest BCUT2D eigenvalue weighted by molar-refractivity contribution is 0.0746. The van der Waals surface area contributed by atoms with Crippen LogP contribution in [0, 0.1) is 5.92 Å². The van der Waals surface area contributed by atoms with E-state index in [0.29, 0.717) is 18.8 Å². The van der Waals surface area contributed by atoms with E-state index in [4.69, 9.17) is 0 Å². The van der Waals surface area contributed by atoms with E-state index in [1.54, 1.807) is 0 Å². The summed E-state index contributed by atoms with van der Waals surface area (Å²) in [4.78, 5) is 21.4. The number of amides is 1. The summed E-state index contributed by atoms with van der Waals surface area (Å²) >= 11 is 0. The zero-order valence-corrected chi connectivity index (χ0v) is 15.2. The Morgan fingerprint density at radius 3 is 2.48 bits per heavy atom. The van der Waals surface area contributed by atoms with Crippen molar-refractivity contribution in [3.05, 3.63) is 59.9 Å². The van der Waals surface area contributed by atoms with Crippen molar-refractivity contribution in [1.82, 2.24) is 9.88 Å². The predicted molar refractivity (Wildman–Crippen MR) is 102 cm³/mol. The third kappa shape index (κ3) is 4.38. The Hall–Kier alpha value is -2.36. The Morgan fingerprint density at radius 1 is 1.16 bits per heavy atom. The van der Waals surface area contributed by atoms with Crippen LogP contribution < -0.4 is 4.90 Å². The minimum absolute atomic E-state index is 0.00910. The predicted octanol–water partition coefficient (Wildman–Crippen LogP) is 3.98. The van der Waals surface area contributed by atoms with Crippen LogP contribution in [0.3, 0.4) is 0 Å². The molecule has 0 aliphatic carbocycles. The van der Waals surface area contributed by atoms with Gasteiger partial charge in [-0.3, -0.25) is 4.79 Å². The van der Waals surface area contributed by atoms with Crippen molar-refractivity contribution in [3.63, 3.8) is 0 Å². The van der Waals surface area contributed by atoms with Gasteiger partial charge in [-0.25, -0.2) is 4.98 Å². The van der Waals surface area contributed by atoms with Crippen LogP contribution in [0.2, 0.25) is 0 Å². The van der Waals surface area contributed by atoms with Crippen LogP contribution >= 0.6 is 0 Å². The Bertz CT molecular complexity index is 676. The summed E-state index contributed by atoms with van der Waals surface area (Å²) in [5.41, 5.74) is 2.78. The van der Waals surface area contributed by atoms with Crippen molar-refractivity contribution >= 4 is 11.6 Å². The molecule has 0 unspecified atom stereocenters. The lowest BCUT2D eigenvalue weighted by atomic mass is 9.99. The molecule has 3 rings (SSSR count). The fourth-order valence-electron chi connectivity index (χ4n) is 3.26. The number of anilines is 1. The van der Waals surface area contributed by atoms with Crippen LogP contribution in [0.1, 0.15) is 42.7 Å². The van der Waals surface area contributed by atoms with Crippen LogP contribution in [0.15, 0.2) is 48.7 Å². The number of rotatable bonds is 5. The maximum atomic E-state index is 12.8. The molecule has 0 saturated carbocycles. The molecule has 1 aromatic heterocycles. The van der Waals surface area contributed by atoms with Crippen molar-refractivity contribution in [3.8, 4) is 0 Å². The van der Waals surface area contributed by atoms with Crippen molar-refractivity contribution in [2.75, 3.05) is 24.5 Å². The average Bonchev–Trinajstić information content (AvgIpc) is 2.67. The van der Waals surface area contributed by atoms with E-state index in [9.17, 15) is 4.79 Å². The van der Waals surface area contributed by atoms with E-state index in [1.807, 2.05) is 60.5 Å². The first-order chi connectivity index (χ1) is 12.2. The van der Waals surface area contributed by atoms with Gasteiger partial charge in [-0.2, -0.15) is 0 Å². The number of hydrogen-bond donors (Lipinski definition) is 0. The molecule has 132 valence electrons. The van der Waals surface area contributed by atoms with Crippen molar-refractivity contribution < 1.29 is 4.79 Å². The zero-order chi connectivity index (χ0) is 17.6. The van der Waals surface area contributed by atoms with Crippen molar-refractivity contribution in [2.45, 2.75) is 33.2 Å². The number of aromatic nitrogens is 1. The number of hydrogen-bond acceptors (Lipinski definition) is 3. The van der Waals surface area contributed by atoms with Gasteiger partial charge >= 0.3 is 0 Å². The van der Waals surface area contributed by atoms with Crippen LogP contribution in [-0.4, -0.2) is 35.4 Å². The molecule has 1 aromatic carbocycles. The standard InChI is InChI=1S/C21H27N3O/c1-3-23(16-18-7-5-4-6-8-18)21(25)20-10-9-19(15-22-20)24-13-11-17(2)12-14-24/h4-10,15,17H,3,11-14,16H2,1-2H3. The SMILES string of the molecule is CCN(Cc1ccccc1)C(=O)c1ccc(N2CCC(C)CC2)cn1. The maximum absolute atomic E-state index is 12.8. The summed E-state index contributed by atoms with van der Waals surface area (Å²) < 4.78 is 0. The molecular formula is C21H27N3O. The van der Waals surface area contributed by atoms with Gasteiger partial charge in [0, 0.05) is 26.2 Å². The van der Waals surface area contributed by atoms with Gasteiger partial charge in [-0.1, -0.05) is 37.3 Å². The molecule has 0 radical (unpaired) electrons. The molecule has 1 aliphatic heterocycles. The molecule has 1 saturated heterocycles. The third-order valence-corrected chi connectivity index (χ3v) is 5.00. The maximum Gasteiger partial charge on any atom is 0.272 e. The van der Waals surface area contributed by atoms with Gasteiger partial charge in [-0.15, -0.1) is 0 Å². The number of carbonyl (C=O) groups is 1. The summed E-state index contributed by atoms with van der Waals surface area (Å²) in [6.07, 6.45) is 4.29. The highest BCUT2D eigenvalue weighted by Crippen LogP contribution is 2.22. The van der Waals surface area contributed by atoms with E-state index < -0.39 is 0 Å². The van der Waals surface area contributed by atoms with Gasteiger partial charge in [0.25, 0.3) is 5.91 Å². The molecule has 0 N–H and O–H groups in total. The lowest BCUT2D eigenvalue weighted by Crippen LogP contribution is -2.33. The molecule has 2 heterocycles. The number of piperidine rings is 1. The molecule has 1 fully saturated rings. The largest absolute Gasteiger partial charge is 0.370 e. The topological polar surface area (TPSA) is 36.4 Å². The van der Waals surface area contributed by atoms with Crippen LogP contribution in [-0.2, 0) is 6.54 Å². The summed E-state index contributed by atoms with van der Waals surface area (Å²) in [6.45, 7) is 7.74. The normalized spacial score (nSPS) is 15.2. The van der Waals surface area contributed by atoms with Gasteiger partial charge in [0.15, 0.2) is 0 Å². The van der Waals surface area contributed by atoms with E-state index in [-0.39, 0.29) is 5.91 Å². The van der Waals surface area contributed by atoms with Gasteiger partial charge in [0.1, 0.15) is 5.69 Å². The van der Waals surface area contributed by atoms with E-state index >= 15 is 0 Å². The first-order valence-electron chi connectivity index (χ1n) is 9.21. The fraction of sp³-hybridized carbons (Fsp3) is 0.429.